The fourth-order valence-corrected chi connectivity index (χ4v) is 10.3. The van der Waals surface area contributed by atoms with E-state index in [9.17, 15) is 0 Å². The van der Waals surface area contributed by atoms with Crippen molar-refractivity contribution in [3.63, 3.8) is 0 Å². The number of anilines is 3. The van der Waals surface area contributed by atoms with E-state index in [1.807, 2.05) is 24.3 Å². The van der Waals surface area contributed by atoms with Crippen LogP contribution in [0.3, 0.4) is 0 Å². The lowest BCUT2D eigenvalue weighted by atomic mass is 9.70. The Morgan fingerprint density at radius 2 is 0.810 bits per heavy atom. The number of nitrogens with zero attached hydrogens (tertiary/aromatic N) is 1. The first-order valence-electron chi connectivity index (χ1n) is 19.9. The minimum atomic E-state index is -0.442. The molecule has 11 aromatic rings. The van der Waals surface area contributed by atoms with Crippen LogP contribution in [0.2, 0.25) is 0 Å². The first-order chi connectivity index (χ1) is 28.8. The van der Waals surface area contributed by atoms with Gasteiger partial charge in [0.15, 0.2) is 0 Å². The molecular formula is C55H33NO2. The molecule has 0 N–H and O–H groups in total. The Morgan fingerprint density at radius 1 is 0.328 bits per heavy atom. The molecule has 0 aliphatic heterocycles. The second-order valence-electron chi connectivity index (χ2n) is 15.6. The summed E-state index contributed by atoms with van der Waals surface area (Å²) in [6, 6.07) is 72.6. The summed E-state index contributed by atoms with van der Waals surface area (Å²) in [5.74, 6) is 0. The molecule has 9 aromatic carbocycles. The third-order valence-electron chi connectivity index (χ3n) is 12.7. The maximum Gasteiger partial charge on any atom is 0.137 e. The van der Waals surface area contributed by atoms with Gasteiger partial charge in [0.2, 0.25) is 0 Å². The van der Waals surface area contributed by atoms with E-state index in [1.54, 1.807) is 0 Å². The summed E-state index contributed by atoms with van der Waals surface area (Å²) in [4.78, 5) is 2.42. The summed E-state index contributed by atoms with van der Waals surface area (Å²) in [5, 5.41) is 4.50. The summed E-state index contributed by atoms with van der Waals surface area (Å²) >= 11 is 0. The number of fused-ring (bicyclic) bond motifs is 16. The highest BCUT2D eigenvalue weighted by molar-refractivity contribution is 6.08. The van der Waals surface area contributed by atoms with Crippen molar-refractivity contribution in [2.45, 2.75) is 5.41 Å². The smallest absolute Gasteiger partial charge is 0.137 e. The molecule has 2 aliphatic rings. The number of rotatable bonds is 4. The highest BCUT2D eigenvalue weighted by Gasteiger charge is 2.52. The van der Waals surface area contributed by atoms with Crippen LogP contribution in [-0.2, 0) is 5.41 Å². The zero-order chi connectivity index (χ0) is 38.0. The van der Waals surface area contributed by atoms with Crippen molar-refractivity contribution in [3.05, 3.63) is 222 Å². The Kier molecular flexibility index (Phi) is 6.37. The average molecular weight is 740 g/mol. The Labute approximate surface area is 334 Å². The first-order valence-corrected chi connectivity index (χ1v) is 19.9. The van der Waals surface area contributed by atoms with E-state index in [0.29, 0.717) is 0 Å². The molecule has 0 unspecified atom stereocenters. The van der Waals surface area contributed by atoms with E-state index in [4.69, 9.17) is 8.83 Å². The van der Waals surface area contributed by atoms with Crippen LogP contribution in [-0.4, -0.2) is 0 Å². The molecule has 2 aromatic heterocycles. The number of para-hydroxylation sites is 2. The number of benzene rings is 9. The number of hydrogen-bond acceptors (Lipinski definition) is 3. The van der Waals surface area contributed by atoms with Crippen molar-refractivity contribution in [1.82, 2.24) is 0 Å². The van der Waals surface area contributed by atoms with Crippen LogP contribution in [0.25, 0.3) is 77.3 Å². The largest absolute Gasteiger partial charge is 0.456 e. The fraction of sp³-hybridized carbons (Fsp3) is 0.0182. The van der Waals surface area contributed by atoms with Crippen molar-refractivity contribution in [2.24, 2.45) is 0 Å². The van der Waals surface area contributed by atoms with Gasteiger partial charge in [-0.15, -0.1) is 0 Å². The van der Waals surface area contributed by atoms with Crippen LogP contribution in [0.15, 0.2) is 209 Å². The van der Waals surface area contributed by atoms with Gasteiger partial charge in [-0.3, -0.25) is 0 Å². The van der Waals surface area contributed by atoms with E-state index < -0.39 is 5.41 Å². The van der Waals surface area contributed by atoms with Gasteiger partial charge in [-0.1, -0.05) is 140 Å². The summed E-state index contributed by atoms with van der Waals surface area (Å²) in [6.07, 6.45) is 0. The second kappa shape index (κ2) is 11.7. The van der Waals surface area contributed by atoms with E-state index in [2.05, 4.69) is 181 Å². The molecule has 3 heteroatoms. The molecule has 2 aliphatic carbocycles. The van der Waals surface area contributed by atoms with E-state index in [1.165, 1.54) is 44.5 Å². The third-order valence-corrected chi connectivity index (χ3v) is 12.7. The average Bonchev–Trinajstić information content (AvgIpc) is 4.02. The van der Waals surface area contributed by atoms with Crippen molar-refractivity contribution in [3.8, 4) is 33.4 Å². The van der Waals surface area contributed by atoms with Gasteiger partial charge in [-0.25, -0.2) is 0 Å². The van der Waals surface area contributed by atoms with E-state index in [-0.39, 0.29) is 0 Å². The minimum Gasteiger partial charge on any atom is -0.456 e. The monoisotopic (exact) mass is 739 g/mol. The van der Waals surface area contributed by atoms with Crippen molar-refractivity contribution in [1.29, 1.82) is 0 Å². The molecule has 2 heterocycles. The van der Waals surface area contributed by atoms with Crippen LogP contribution < -0.4 is 4.90 Å². The van der Waals surface area contributed by atoms with Gasteiger partial charge in [-0.05, 0) is 105 Å². The van der Waals surface area contributed by atoms with E-state index in [0.717, 1.165) is 72.1 Å². The Morgan fingerprint density at radius 3 is 1.48 bits per heavy atom. The number of hydrogen-bond donors (Lipinski definition) is 0. The molecule has 0 radical (unpaired) electrons. The molecular weight excluding hydrogens is 707 g/mol. The third kappa shape index (κ3) is 4.17. The molecule has 58 heavy (non-hydrogen) atoms. The standard InChI is InChI=1S/C55H33NO2/c1-6-17-45-38(12-1)39-13-2-7-18-46(39)55(45)47-19-8-3-16-44(47)54-48(55)20-11-21-49(54)56(37-29-31-43-41-15-5-10-23-51(41)58-53(43)33-37)36-27-24-34(25-28-36)35-26-30-42-40-14-4-9-22-50(40)57-52(42)32-35/h1-33H. The van der Waals surface area contributed by atoms with Gasteiger partial charge in [0.05, 0.1) is 11.1 Å². The lowest BCUT2D eigenvalue weighted by Gasteiger charge is -2.31. The van der Waals surface area contributed by atoms with Gasteiger partial charge in [0.1, 0.15) is 22.3 Å². The molecule has 13 rings (SSSR count). The van der Waals surface area contributed by atoms with Gasteiger partial charge in [0, 0.05) is 44.5 Å². The lowest BCUT2D eigenvalue weighted by Crippen LogP contribution is -2.26. The van der Waals surface area contributed by atoms with Gasteiger partial charge in [0.25, 0.3) is 0 Å². The summed E-state index contributed by atoms with van der Waals surface area (Å²) in [5.41, 5.74) is 19.0. The predicted molar refractivity (Wildman–Crippen MR) is 237 cm³/mol. The Hall–Kier alpha value is -7.62. The second-order valence-corrected chi connectivity index (χ2v) is 15.6. The van der Waals surface area contributed by atoms with Crippen molar-refractivity contribution < 1.29 is 8.83 Å². The zero-order valence-electron chi connectivity index (χ0n) is 31.3. The molecule has 3 nitrogen and oxygen atoms in total. The Balaban J connectivity index is 1.04. The zero-order valence-corrected chi connectivity index (χ0v) is 31.3. The molecule has 1 spiro atoms. The minimum absolute atomic E-state index is 0.442. The lowest BCUT2D eigenvalue weighted by molar-refractivity contribution is 0.668. The highest BCUT2D eigenvalue weighted by atomic mass is 16.3. The van der Waals surface area contributed by atoms with Crippen molar-refractivity contribution in [2.75, 3.05) is 4.90 Å². The van der Waals surface area contributed by atoms with Crippen LogP contribution in [0, 0.1) is 0 Å². The molecule has 0 bridgehead atoms. The Bertz CT molecular complexity index is 3430. The predicted octanol–water partition coefficient (Wildman–Crippen LogP) is 15.0. The molecule has 0 saturated carbocycles. The van der Waals surface area contributed by atoms with Gasteiger partial charge in [-0.2, -0.15) is 0 Å². The topological polar surface area (TPSA) is 29.5 Å². The first kappa shape index (κ1) is 31.6. The normalized spacial score (nSPS) is 13.3. The van der Waals surface area contributed by atoms with Gasteiger partial charge < -0.3 is 13.7 Å². The SMILES string of the molecule is c1ccc2c(c1)-c1ccccc1C21c2ccccc2-c2c(N(c3ccc(-c4ccc5c(c4)oc4ccccc45)cc3)c3ccc4c(c3)oc3ccccc34)cccc21. The molecule has 0 atom stereocenters. The highest BCUT2D eigenvalue weighted by Crippen LogP contribution is 2.64. The fourth-order valence-electron chi connectivity index (χ4n) is 10.3. The van der Waals surface area contributed by atoms with Crippen molar-refractivity contribution >= 4 is 60.9 Å². The molecule has 270 valence electrons. The van der Waals surface area contributed by atoms with Gasteiger partial charge >= 0.3 is 0 Å². The quantitative estimate of drug-likeness (QED) is 0.180. The van der Waals surface area contributed by atoms with Crippen LogP contribution in [0.1, 0.15) is 22.3 Å². The molecule has 0 fully saturated rings. The van der Waals surface area contributed by atoms with Crippen LogP contribution >= 0.6 is 0 Å². The maximum absolute atomic E-state index is 6.52. The maximum atomic E-state index is 6.52. The van der Waals surface area contributed by atoms with Crippen LogP contribution in [0.5, 0.6) is 0 Å². The molecule has 0 amide bonds. The molecule has 0 saturated heterocycles. The summed E-state index contributed by atoms with van der Waals surface area (Å²) in [6.45, 7) is 0. The van der Waals surface area contributed by atoms with Crippen LogP contribution in [0.4, 0.5) is 17.1 Å². The summed E-state index contributed by atoms with van der Waals surface area (Å²) < 4.78 is 12.8. The summed E-state index contributed by atoms with van der Waals surface area (Å²) in [7, 11) is 0. The number of furan rings is 2. The van der Waals surface area contributed by atoms with E-state index >= 15 is 0 Å².